The Kier molecular flexibility index (Phi) is 4.42. The summed E-state index contributed by atoms with van der Waals surface area (Å²) in [6.45, 7) is 0. The molecule has 2 aromatic rings. The van der Waals surface area contributed by atoms with Crippen molar-refractivity contribution in [2.24, 2.45) is 0 Å². The molecule has 1 amide bonds. The second-order valence-electron chi connectivity index (χ2n) is 3.97. The molecule has 0 fully saturated rings. The molecule has 0 aromatic heterocycles. The van der Waals surface area contributed by atoms with Crippen LogP contribution < -0.4 is 5.32 Å². The fourth-order valence-corrected chi connectivity index (χ4v) is 2.00. The Bertz CT molecular complexity index is 688. The molecular formula is C14H9BrClNO3. The molecule has 102 valence electrons. The summed E-state index contributed by atoms with van der Waals surface area (Å²) in [5.74, 6) is -1.41. The van der Waals surface area contributed by atoms with Gasteiger partial charge in [0.15, 0.2) is 0 Å². The zero-order valence-corrected chi connectivity index (χ0v) is 12.4. The molecule has 0 heterocycles. The number of carboxylic acids is 1. The second-order valence-corrected chi connectivity index (χ2v) is 5.23. The average molecular weight is 355 g/mol. The molecular weight excluding hydrogens is 346 g/mol. The number of hydrogen-bond donors (Lipinski definition) is 2. The molecule has 2 rings (SSSR count). The molecule has 0 atom stereocenters. The van der Waals surface area contributed by atoms with Crippen LogP contribution in [0.3, 0.4) is 0 Å². The molecule has 20 heavy (non-hydrogen) atoms. The van der Waals surface area contributed by atoms with Gasteiger partial charge < -0.3 is 10.4 Å². The molecule has 2 aromatic carbocycles. The third kappa shape index (κ3) is 3.37. The van der Waals surface area contributed by atoms with Crippen molar-refractivity contribution in [1.29, 1.82) is 0 Å². The standard InChI is InChI=1S/C14H9BrClNO3/c15-11-5-4-8(7-12(11)16)13(18)17-10-3-1-2-9(6-10)14(19)20/h1-7H,(H,17,18)(H,19,20). The number of carbonyl (C=O) groups is 2. The Morgan fingerprint density at radius 2 is 1.85 bits per heavy atom. The molecule has 0 radical (unpaired) electrons. The fourth-order valence-electron chi connectivity index (χ4n) is 1.57. The van der Waals surface area contributed by atoms with Gasteiger partial charge in [0.2, 0.25) is 0 Å². The number of carboxylic acid groups (broad SMARTS) is 1. The lowest BCUT2D eigenvalue weighted by Crippen LogP contribution is -2.12. The number of rotatable bonds is 3. The predicted octanol–water partition coefficient (Wildman–Crippen LogP) is 4.05. The first-order valence-corrected chi connectivity index (χ1v) is 6.74. The molecule has 0 aliphatic heterocycles. The number of hydrogen-bond acceptors (Lipinski definition) is 2. The highest BCUT2D eigenvalue weighted by atomic mass is 79.9. The summed E-state index contributed by atoms with van der Waals surface area (Å²) in [5.41, 5.74) is 0.907. The van der Waals surface area contributed by atoms with Crippen LogP contribution in [0.2, 0.25) is 5.02 Å². The SMILES string of the molecule is O=C(O)c1cccc(NC(=O)c2ccc(Br)c(Cl)c2)c1. The first kappa shape index (κ1) is 14.6. The minimum absolute atomic E-state index is 0.108. The topological polar surface area (TPSA) is 66.4 Å². The molecule has 0 spiro atoms. The lowest BCUT2D eigenvalue weighted by molar-refractivity contribution is 0.0696. The van der Waals surface area contributed by atoms with Crippen molar-refractivity contribution < 1.29 is 14.7 Å². The van der Waals surface area contributed by atoms with Crippen molar-refractivity contribution in [3.63, 3.8) is 0 Å². The van der Waals surface area contributed by atoms with Crippen LogP contribution in [-0.4, -0.2) is 17.0 Å². The van der Waals surface area contributed by atoms with Crippen LogP contribution in [0.4, 0.5) is 5.69 Å². The third-order valence-corrected chi connectivity index (χ3v) is 3.78. The molecule has 0 saturated carbocycles. The maximum absolute atomic E-state index is 12.0. The lowest BCUT2D eigenvalue weighted by Gasteiger charge is -2.07. The Hall–Kier alpha value is -1.85. The van der Waals surface area contributed by atoms with E-state index in [4.69, 9.17) is 16.7 Å². The van der Waals surface area contributed by atoms with Crippen LogP contribution in [0.25, 0.3) is 0 Å². The van der Waals surface area contributed by atoms with Gasteiger partial charge in [-0.1, -0.05) is 17.7 Å². The van der Waals surface area contributed by atoms with Gasteiger partial charge in [-0.05, 0) is 52.3 Å². The van der Waals surface area contributed by atoms with Crippen LogP contribution in [0.1, 0.15) is 20.7 Å². The van der Waals surface area contributed by atoms with Crippen molar-refractivity contribution in [3.8, 4) is 0 Å². The molecule has 4 nitrogen and oxygen atoms in total. The number of halogens is 2. The lowest BCUT2D eigenvalue weighted by atomic mass is 10.2. The minimum Gasteiger partial charge on any atom is -0.478 e. The molecule has 0 saturated heterocycles. The van der Waals surface area contributed by atoms with Crippen LogP contribution in [-0.2, 0) is 0 Å². The van der Waals surface area contributed by atoms with Gasteiger partial charge in [0.25, 0.3) is 5.91 Å². The average Bonchev–Trinajstić information content (AvgIpc) is 2.42. The first-order valence-electron chi connectivity index (χ1n) is 5.57. The number of amides is 1. The number of anilines is 1. The highest BCUT2D eigenvalue weighted by molar-refractivity contribution is 9.10. The summed E-state index contributed by atoms with van der Waals surface area (Å²) in [7, 11) is 0. The smallest absolute Gasteiger partial charge is 0.335 e. The summed E-state index contributed by atoms with van der Waals surface area (Å²) in [5, 5.41) is 11.9. The van der Waals surface area contributed by atoms with Gasteiger partial charge in [-0.2, -0.15) is 0 Å². The van der Waals surface area contributed by atoms with E-state index in [0.29, 0.717) is 20.7 Å². The highest BCUT2D eigenvalue weighted by Gasteiger charge is 2.09. The minimum atomic E-state index is -1.05. The van der Waals surface area contributed by atoms with E-state index in [0.717, 1.165) is 0 Å². The third-order valence-electron chi connectivity index (χ3n) is 2.55. The van der Waals surface area contributed by atoms with Gasteiger partial charge in [0.05, 0.1) is 10.6 Å². The zero-order chi connectivity index (χ0) is 14.7. The highest BCUT2D eigenvalue weighted by Crippen LogP contribution is 2.23. The molecule has 0 aliphatic rings. The zero-order valence-electron chi connectivity index (χ0n) is 10.1. The quantitative estimate of drug-likeness (QED) is 0.874. The van der Waals surface area contributed by atoms with E-state index >= 15 is 0 Å². The number of aromatic carboxylic acids is 1. The number of carbonyl (C=O) groups excluding carboxylic acids is 1. The maximum Gasteiger partial charge on any atom is 0.335 e. The Balaban J connectivity index is 2.21. The van der Waals surface area contributed by atoms with Gasteiger partial charge in [0.1, 0.15) is 0 Å². The van der Waals surface area contributed by atoms with Gasteiger partial charge in [0, 0.05) is 15.7 Å². The first-order chi connectivity index (χ1) is 9.47. The van der Waals surface area contributed by atoms with Crippen LogP contribution in [0.5, 0.6) is 0 Å². The molecule has 6 heteroatoms. The largest absolute Gasteiger partial charge is 0.478 e. The predicted molar refractivity (Wildman–Crippen MR) is 80.5 cm³/mol. The van der Waals surface area contributed by atoms with Crippen molar-refractivity contribution >= 4 is 45.1 Å². The molecule has 0 unspecified atom stereocenters. The molecule has 0 aliphatic carbocycles. The Morgan fingerprint density at radius 1 is 1.10 bits per heavy atom. The monoisotopic (exact) mass is 353 g/mol. The second kappa shape index (κ2) is 6.07. The van der Waals surface area contributed by atoms with Crippen molar-refractivity contribution in [2.45, 2.75) is 0 Å². The Morgan fingerprint density at radius 3 is 2.50 bits per heavy atom. The molecule has 0 bridgehead atoms. The van der Waals surface area contributed by atoms with Crippen molar-refractivity contribution in [1.82, 2.24) is 0 Å². The maximum atomic E-state index is 12.0. The summed E-state index contributed by atoms with van der Waals surface area (Å²) in [4.78, 5) is 22.9. The fraction of sp³-hybridized carbons (Fsp3) is 0. The van der Waals surface area contributed by atoms with E-state index in [1.54, 1.807) is 24.3 Å². The van der Waals surface area contributed by atoms with E-state index < -0.39 is 5.97 Å². The van der Waals surface area contributed by atoms with Crippen LogP contribution in [0.15, 0.2) is 46.9 Å². The van der Waals surface area contributed by atoms with Gasteiger partial charge >= 0.3 is 5.97 Å². The van der Waals surface area contributed by atoms with E-state index in [2.05, 4.69) is 21.2 Å². The van der Waals surface area contributed by atoms with E-state index in [-0.39, 0.29) is 11.5 Å². The van der Waals surface area contributed by atoms with Crippen LogP contribution in [0, 0.1) is 0 Å². The summed E-state index contributed by atoms with van der Waals surface area (Å²) >= 11 is 9.16. The van der Waals surface area contributed by atoms with Crippen molar-refractivity contribution in [3.05, 3.63) is 63.1 Å². The van der Waals surface area contributed by atoms with Gasteiger partial charge in [-0.15, -0.1) is 0 Å². The normalized spacial score (nSPS) is 10.1. The van der Waals surface area contributed by atoms with E-state index in [1.165, 1.54) is 18.2 Å². The van der Waals surface area contributed by atoms with Crippen LogP contribution >= 0.6 is 27.5 Å². The van der Waals surface area contributed by atoms with E-state index in [1.807, 2.05) is 0 Å². The van der Waals surface area contributed by atoms with Gasteiger partial charge in [-0.25, -0.2) is 4.79 Å². The van der Waals surface area contributed by atoms with E-state index in [9.17, 15) is 9.59 Å². The van der Waals surface area contributed by atoms with Crippen molar-refractivity contribution in [2.75, 3.05) is 5.32 Å². The number of nitrogens with one attached hydrogen (secondary N) is 1. The summed E-state index contributed by atoms with van der Waals surface area (Å²) in [6.07, 6.45) is 0. The van der Waals surface area contributed by atoms with Gasteiger partial charge in [-0.3, -0.25) is 4.79 Å². The molecule has 2 N–H and O–H groups in total. The summed E-state index contributed by atoms with van der Waals surface area (Å²) in [6, 6.07) is 10.8. The Labute approximate surface area is 128 Å². The summed E-state index contributed by atoms with van der Waals surface area (Å²) < 4.78 is 0.698. The number of benzene rings is 2.